The first kappa shape index (κ1) is 21.6. The van der Waals surface area contributed by atoms with Crippen molar-refractivity contribution < 1.29 is 17.6 Å². The Labute approximate surface area is 141 Å². The molecule has 1 fully saturated rings. The number of hydrogen-bond donors (Lipinski definition) is 1. The molecule has 2 heterocycles. The topological polar surface area (TPSA) is 28.4 Å². The summed E-state index contributed by atoms with van der Waals surface area (Å²) in [5.74, 6) is 1.49. The summed E-state index contributed by atoms with van der Waals surface area (Å²) in [6.07, 6.45) is -4.08. The van der Waals surface area contributed by atoms with Crippen molar-refractivity contribution in [1.82, 2.24) is 10.2 Å². The van der Waals surface area contributed by atoms with Gasteiger partial charge in [-0.1, -0.05) is 6.92 Å². The van der Waals surface area contributed by atoms with E-state index in [1.165, 1.54) is 0 Å². The number of piperazine rings is 1. The van der Waals surface area contributed by atoms with E-state index in [1.807, 2.05) is 19.1 Å². The zero-order valence-corrected chi connectivity index (χ0v) is 14.1. The van der Waals surface area contributed by atoms with Crippen molar-refractivity contribution in [2.24, 2.45) is 0 Å². The Morgan fingerprint density at radius 3 is 2.36 bits per heavy atom. The molecule has 0 spiro atoms. The predicted molar refractivity (Wildman–Crippen MR) is 85.1 cm³/mol. The van der Waals surface area contributed by atoms with Crippen LogP contribution in [0.15, 0.2) is 16.5 Å². The molecular formula is C14H23Cl2F3N2O. The van der Waals surface area contributed by atoms with E-state index in [-0.39, 0.29) is 37.3 Å². The molecule has 1 saturated heterocycles. The number of hydrogen-bond acceptors (Lipinski definition) is 3. The fourth-order valence-corrected chi connectivity index (χ4v) is 2.56. The van der Waals surface area contributed by atoms with Crippen LogP contribution < -0.4 is 5.32 Å². The lowest BCUT2D eigenvalue weighted by atomic mass is 10.1. The molecule has 0 bridgehead atoms. The van der Waals surface area contributed by atoms with Crippen molar-refractivity contribution >= 4 is 24.8 Å². The maximum atomic E-state index is 12.5. The molecule has 1 aliphatic rings. The summed E-state index contributed by atoms with van der Waals surface area (Å²) in [5.41, 5.74) is 0. The molecule has 1 atom stereocenters. The van der Waals surface area contributed by atoms with Crippen molar-refractivity contribution in [1.29, 1.82) is 0 Å². The number of rotatable bonds is 5. The molecule has 0 radical (unpaired) electrons. The van der Waals surface area contributed by atoms with Gasteiger partial charge in [0.05, 0.1) is 6.04 Å². The van der Waals surface area contributed by atoms with E-state index >= 15 is 0 Å². The molecule has 0 unspecified atom stereocenters. The van der Waals surface area contributed by atoms with Gasteiger partial charge in [-0.25, -0.2) is 0 Å². The number of nitrogens with zero attached hydrogens (tertiary/aromatic N) is 1. The van der Waals surface area contributed by atoms with Gasteiger partial charge < -0.3 is 9.73 Å². The number of nitrogens with one attached hydrogen (secondary N) is 1. The van der Waals surface area contributed by atoms with Crippen LogP contribution in [0.3, 0.4) is 0 Å². The summed E-state index contributed by atoms with van der Waals surface area (Å²) >= 11 is 0. The average molecular weight is 363 g/mol. The summed E-state index contributed by atoms with van der Waals surface area (Å²) in [5, 5.41) is 3.22. The fraction of sp³-hybridized carbons (Fsp3) is 0.714. The van der Waals surface area contributed by atoms with Crippen LogP contribution in [-0.2, 0) is 6.42 Å². The van der Waals surface area contributed by atoms with Gasteiger partial charge in [0.25, 0.3) is 0 Å². The van der Waals surface area contributed by atoms with Gasteiger partial charge in [-0.3, -0.25) is 4.90 Å². The molecule has 1 aromatic rings. The number of furan rings is 1. The number of alkyl halides is 3. The lowest BCUT2D eigenvalue weighted by Crippen LogP contribution is -2.45. The average Bonchev–Trinajstić information content (AvgIpc) is 2.88. The fourth-order valence-electron chi connectivity index (χ4n) is 2.56. The van der Waals surface area contributed by atoms with Crippen LogP contribution in [0.1, 0.15) is 37.3 Å². The first-order valence-electron chi connectivity index (χ1n) is 7.09. The zero-order valence-electron chi connectivity index (χ0n) is 12.5. The van der Waals surface area contributed by atoms with Crippen molar-refractivity contribution in [3.05, 3.63) is 23.7 Å². The molecular weight excluding hydrogens is 340 g/mol. The van der Waals surface area contributed by atoms with Gasteiger partial charge in [0.15, 0.2) is 0 Å². The second kappa shape index (κ2) is 9.65. The van der Waals surface area contributed by atoms with Crippen molar-refractivity contribution in [3.8, 4) is 0 Å². The second-order valence-electron chi connectivity index (χ2n) is 5.11. The highest BCUT2D eigenvalue weighted by molar-refractivity contribution is 5.85. The van der Waals surface area contributed by atoms with Crippen LogP contribution >= 0.6 is 24.8 Å². The Morgan fingerprint density at radius 2 is 1.86 bits per heavy atom. The molecule has 0 amide bonds. The van der Waals surface area contributed by atoms with Crippen LogP contribution in [0, 0.1) is 0 Å². The Bertz CT molecular complexity index is 420. The lowest BCUT2D eigenvalue weighted by molar-refractivity contribution is -0.139. The monoisotopic (exact) mass is 362 g/mol. The molecule has 1 N–H and O–H groups in total. The Kier molecular flexibility index (Phi) is 9.46. The minimum atomic E-state index is -4.12. The maximum absolute atomic E-state index is 12.5. The number of halogens is 5. The summed E-state index contributed by atoms with van der Waals surface area (Å²) in [6.45, 7) is 5.10. The highest BCUT2D eigenvalue weighted by Crippen LogP contribution is 2.32. The Hall–Kier alpha value is -0.430. The van der Waals surface area contributed by atoms with Crippen LogP contribution in [0.2, 0.25) is 0 Å². The second-order valence-corrected chi connectivity index (χ2v) is 5.11. The summed E-state index contributed by atoms with van der Waals surface area (Å²) < 4.78 is 43.2. The standard InChI is InChI=1S/C14H21F3N2O.2ClH/c1-2-11-3-4-13(20-11)12(5-6-14(15,16)17)19-9-7-18-8-10-19;;/h3-4,12,18H,2,5-10H2,1H3;2*1H/t12-;;/m0../s1. The largest absolute Gasteiger partial charge is 0.464 e. The normalized spacial score (nSPS) is 17.5. The summed E-state index contributed by atoms with van der Waals surface area (Å²) in [6, 6.07) is 3.40. The van der Waals surface area contributed by atoms with Gasteiger partial charge in [-0.15, -0.1) is 24.8 Å². The first-order chi connectivity index (χ1) is 9.49. The van der Waals surface area contributed by atoms with Crippen LogP contribution in [0.25, 0.3) is 0 Å². The molecule has 0 aromatic carbocycles. The molecule has 130 valence electrons. The SMILES string of the molecule is CCc1ccc([C@H](CCC(F)(F)F)N2CCNCC2)o1.Cl.Cl. The molecule has 2 rings (SSSR count). The van der Waals surface area contributed by atoms with E-state index in [1.54, 1.807) is 0 Å². The third kappa shape index (κ3) is 6.36. The van der Waals surface area contributed by atoms with Crippen LogP contribution in [0.4, 0.5) is 13.2 Å². The third-order valence-corrected chi connectivity index (χ3v) is 3.65. The van der Waals surface area contributed by atoms with E-state index in [0.717, 1.165) is 38.4 Å². The van der Waals surface area contributed by atoms with E-state index < -0.39 is 12.6 Å². The van der Waals surface area contributed by atoms with Crippen molar-refractivity contribution in [2.75, 3.05) is 26.2 Å². The van der Waals surface area contributed by atoms with Crippen molar-refractivity contribution in [3.63, 3.8) is 0 Å². The molecule has 3 nitrogen and oxygen atoms in total. The molecule has 0 aliphatic carbocycles. The molecule has 1 aliphatic heterocycles. The zero-order chi connectivity index (χ0) is 14.6. The van der Waals surface area contributed by atoms with Crippen LogP contribution in [-0.4, -0.2) is 37.3 Å². The number of aryl methyl sites for hydroxylation is 1. The molecule has 8 heteroatoms. The highest BCUT2D eigenvalue weighted by atomic mass is 35.5. The van der Waals surface area contributed by atoms with Gasteiger partial charge in [-0.2, -0.15) is 13.2 Å². The smallest absolute Gasteiger partial charge is 0.389 e. The summed E-state index contributed by atoms with van der Waals surface area (Å²) in [4.78, 5) is 2.08. The first-order valence-corrected chi connectivity index (χ1v) is 7.09. The molecule has 22 heavy (non-hydrogen) atoms. The predicted octanol–water partition coefficient (Wildman–Crippen LogP) is 3.97. The summed E-state index contributed by atoms with van der Waals surface area (Å²) in [7, 11) is 0. The van der Waals surface area contributed by atoms with Crippen molar-refractivity contribution in [2.45, 2.75) is 38.4 Å². The van der Waals surface area contributed by atoms with E-state index in [2.05, 4.69) is 10.2 Å². The quantitative estimate of drug-likeness (QED) is 0.858. The van der Waals surface area contributed by atoms with Gasteiger partial charge in [0, 0.05) is 39.0 Å². The minimum Gasteiger partial charge on any atom is -0.464 e. The van der Waals surface area contributed by atoms with Gasteiger partial charge in [0.2, 0.25) is 0 Å². The van der Waals surface area contributed by atoms with Gasteiger partial charge >= 0.3 is 6.18 Å². The van der Waals surface area contributed by atoms with Crippen LogP contribution in [0.5, 0.6) is 0 Å². The van der Waals surface area contributed by atoms with Gasteiger partial charge in [0.1, 0.15) is 11.5 Å². The Balaban J connectivity index is 0.00000220. The van der Waals surface area contributed by atoms with E-state index in [9.17, 15) is 13.2 Å². The minimum absolute atomic E-state index is 0. The van der Waals surface area contributed by atoms with E-state index in [0.29, 0.717) is 5.76 Å². The Morgan fingerprint density at radius 1 is 1.23 bits per heavy atom. The highest BCUT2D eigenvalue weighted by Gasteiger charge is 2.32. The maximum Gasteiger partial charge on any atom is 0.389 e. The lowest BCUT2D eigenvalue weighted by Gasteiger charge is -2.34. The van der Waals surface area contributed by atoms with E-state index in [4.69, 9.17) is 4.42 Å². The third-order valence-electron chi connectivity index (χ3n) is 3.65. The van der Waals surface area contributed by atoms with Gasteiger partial charge in [-0.05, 0) is 18.6 Å². The molecule has 1 aromatic heterocycles. The molecule has 0 saturated carbocycles.